The average Bonchev–Trinajstić information content (AvgIpc) is 3.47. The molecule has 0 fully saturated rings. The monoisotopic (exact) mass is 1120 g/mol. The molecule has 464 valence electrons. The van der Waals surface area contributed by atoms with Crippen molar-refractivity contribution >= 4 is 17.9 Å². The second kappa shape index (κ2) is 68.6. The molecule has 81 heavy (non-hydrogen) atoms. The summed E-state index contributed by atoms with van der Waals surface area (Å²) in [4.78, 5) is 38.3. The molecule has 0 amide bonds. The quantitative estimate of drug-likeness (QED) is 0.0261. The van der Waals surface area contributed by atoms with Gasteiger partial charge >= 0.3 is 17.9 Å². The van der Waals surface area contributed by atoms with E-state index in [0.29, 0.717) is 19.3 Å². The highest BCUT2D eigenvalue weighted by Crippen LogP contribution is 2.17. The van der Waals surface area contributed by atoms with E-state index in [9.17, 15) is 14.4 Å². The first kappa shape index (κ1) is 77.1. The normalized spacial score (nSPS) is 12.8. The molecule has 6 heteroatoms. The van der Waals surface area contributed by atoms with Gasteiger partial charge in [0.25, 0.3) is 0 Å². The number of rotatable bonds is 62. The molecule has 0 radical (unpaired) electrons. The summed E-state index contributed by atoms with van der Waals surface area (Å²) in [5.41, 5.74) is 0. The summed E-state index contributed by atoms with van der Waals surface area (Å²) >= 11 is 0. The van der Waals surface area contributed by atoms with Crippen molar-refractivity contribution in [3.63, 3.8) is 0 Å². The molecule has 6 nitrogen and oxygen atoms in total. The highest BCUT2D eigenvalue weighted by Gasteiger charge is 2.19. The van der Waals surface area contributed by atoms with Crippen LogP contribution in [0, 0.1) is 0 Å². The standard InChI is InChI=1S/C75H128O6/c1-4-7-10-13-16-19-22-24-26-28-30-31-32-33-34-35-36-37-38-39-40-41-42-43-44-45-46-48-49-51-53-56-59-62-65-68-74(77)80-71-72(70-79-73(76)67-64-61-58-55-21-18-15-12-9-6-3)81-75(78)69-66-63-60-57-54-52-50-47-29-27-25-23-20-17-14-11-8-5-2/h7,10,12,15-16,19,24,26-27,29-31,33-34,36-37,39-40,72H,4-6,8-9,11,13-14,17-18,20-23,25,28,32,35,38,41-71H2,1-3H3/b10-7-,15-12-,19-16-,26-24-,29-27-,31-30-,34-33-,37-36-,40-39-. The minimum Gasteiger partial charge on any atom is -0.462 e. The molecule has 0 aliphatic carbocycles. The summed E-state index contributed by atoms with van der Waals surface area (Å²) in [5, 5.41) is 0. The molecule has 0 aromatic rings. The van der Waals surface area contributed by atoms with Crippen LogP contribution >= 0.6 is 0 Å². The zero-order chi connectivity index (χ0) is 58.5. The second-order valence-electron chi connectivity index (χ2n) is 22.7. The van der Waals surface area contributed by atoms with Crippen LogP contribution in [0.25, 0.3) is 0 Å². The van der Waals surface area contributed by atoms with Crippen molar-refractivity contribution in [2.75, 3.05) is 13.2 Å². The Morgan fingerprint density at radius 1 is 0.259 bits per heavy atom. The average molecular weight is 1130 g/mol. The van der Waals surface area contributed by atoms with Crippen LogP contribution in [-0.4, -0.2) is 37.2 Å². The molecule has 1 atom stereocenters. The van der Waals surface area contributed by atoms with E-state index in [-0.39, 0.29) is 31.1 Å². The fourth-order valence-corrected chi connectivity index (χ4v) is 9.60. The third-order valence-corrected chi connectivity index (χ3v) is 14.7. The van der Waals surface area contributed by atoms with E-state index in [4.69, 9.17) is 14.2 Å². The van der Waals surface area contributed by atoms with E-state index < -0.39 is 6.10 Å². The van der Waals surface area contributed by atoms with Crippen molar-refractivity contribution in [3.05, 3.63) is 109 Å². The van der Waals surface area contributed by atoms with Gasteiger partial charge in [-0.2, -0.15) is 0 Å². The van der Waals surface area contributed by atoms with E-state index in [1.165, 1.54) is 173 Å². The lowest BCUT2D eigenvalue weighted by Crippen LogP contribution is -2.30. The molecule has 0 saturated carbocycles. The van der Waals surface area contributed by atoms with Gasteiger partial charge in [0.15, 0.2) is 6.10 Å². The molecule has 0 rings (SSSR count). The molecule has 0 heterocycles. The van der Waals surface area contributed by atoms with Gasteiger partial charge in [-0.25, -0.2) is 0 Å². The zero-order valence-corrected chi connectivity index (χ0v) is 53.3. The SMILES string of the molecule is CC/C=C\C/C=C\C/C=C\C/C=C\C/C=C\C/C=C\C/C=C\CCCCCCCCCCCCCCCC(=O)OCC(COC(=O)CCCCCCC/C=C\CCC)OC(=O)CCCCCCCCC/C=C\CCCCCCCCC. The number of unbranched alkanes of at least 4 members (excludes halogenated alkanes) is 33. The van der Waals surface area contributed by atoms with Gasteiger partial charge in [-0.3, -0.25) is 14.4 Å². The minimum absolute atomic E-state index is 0.0808. The third-order valence-electron chi connectivity index (χ3n) is 14.7. The van der Waals surface area contributed by atoms with Crippen LogP contribution in [0.2, 0.25) is 0 Å². The maximum absolute atomic E-state index is 12.9. The first-order valence-electron chi connectivity index (χ1n) is 34.4. The van der Waals surface area contributed by atoms with Crippen LogP contribution in [-0.2, 0) is 28.6 Å². The maximum atomic E-state index is 12.9. The van der Waals surface area contributed by atoms with Crippen molar-refractivity contribution in [2.24, 2.45) is 0 Å². The van der Waals surface area contributed by atoms with Gasteiger partial charge < -0.3 is 14.2 Å². The Hall–Kier alpha value is -3.93. The molecule has 0 aromatic carbocycles. The largest absolute Gasteiger partial charge is 0.462 e. The van der Waals surface area contributed by atoms with Crippen LogP contribution < -0.4 is 0 Å². The Morgan fingerprint density at radius 3 is 0.815 bits per heavy atom. The molecule has 0 aliphatic rings. The van der Waals surface area contributed by atoms with Crippen molar-refractivity contribution in [1.82, 2.24) is 0 Å². The van der Waals surface area contributed by atoms with Crippen molar-refractivity contribution < 1.29 is 28.6 Å². The lowest BCUT2D eigenvalue weighted by Gasteiger charge is -2.18. The first-order valence-corrected chi connectivity index (χ1v) is 34.4. The van der Waals surface area contributed by atoms with Crippen molar-refractivity contribution in [3.8, 4) is 0 Å². The number of esters is 3. The topological polar surface area (TPSA) is 78.9 Å². The van der Waals surface area contributed by atoms with E-state index >= 15 is 0 Å². The predicted molar refractivity (Wildman–Crippen MR) is 353 cm³/mol. The highest BCUT2D eigenvalue weighted by atomic mass is 16.6. The molecule has 0 spiro atoms. The molecule has 0 saturated heterocycles. The number of ether oxygens (including phenoxy) is 3. The third kappa shape index (κ3) is 66.8. The Kier molecular flexibility index (Phi) is 65.2. The van der Waals surface area contributed by atoms with Gasteiger partial charge in [0.1, 0.15) is 13.2 Å². The lowest BCUT2D eigenvalue weighted by atomic mass is 10.0. The molecular formula is C75H128O6. The fourth-order valence-electron chi connectivity index (χ4n) is 9.60. The Bertz CT molecular complexity index is 1620. The Balaban J connectivity index is 4.14. The molecule has 0 bridgehead atoms. The minimum atomic E-state index is -0.784. The smallest absolute Gasteiger partial charge is 0.306 e. The van der Waals surface area contributed by atoms with Crippen LogP contribution in [0.4, 0.5) is 0 Å². The van der Waals surface area contributed by atoms with Gasteiger partial charge in [-0.05, 0) is 122 Å². The number of allylic oxidation sites excluding steroid dienone is 18. The van der Waals surface area contributed by atoms with E-state index in [1.54, 1.807) is 0 Å². The second-order valence-corrected chi connectivity index (χ2v) is 22.7. The molecular weight excluding hydrogens is 997 g/mol. The summed E-state index contributed by atoms with van der Waals surface area (Å²) in [6, 6.07) is 0. The summed E-state index contributed by atoms with van der Waals surface area (Å²) in [6.07, 6.45) is 94.1. The Labute approximate surface area is 501 Å². The summed E-state index contributed by atoms with van der Waals surface area (Å²) < 4.78 is 16.9. The number of hydrogen-bond donors (Lipinski definition) is 0. The number of hydrogen-bond acceptors (Lipinski definition) is 6. The lowest BCUT2D eigenvalue weighted by molar-refractivity contribution is -0.167. The van der Waals surface area contributed by atoms with Gasteiger partial charge in [-0.1, -0.05) is 297 Å². The van der Waals surface area contributed by atoms with E-state index in [0.717, 1.165) is 116 Å². The van der Waals surface area contributed by atoms with Crippen molar-refractivity contribution in [1.29, 1.82) is 0 Å². The summed E-state index contributed by atoms with van der Waals surface area (Å²) in [5.74, 6) is -0.887. The summed E-state index contributed by atoms with van der Waals surface area (Å²) in [6.45, 7) is 6.48. The number of carbonyl (C=O) groups excluding carboxylic acids is 3. The molecule has 0 N–H and O–H groups in total. The van der Waals surface area contributed by atoms with Gasteiger partial charge in [-0.15, -0.1) is 0 Å². The van der Waals surface area contributed by atoms with Gasteiger partial charge in [0.2, 0.25) is 0 Å². The number of carbonyl (C=O) groups is 3. The van der Waals surface area contributed by atoms with Crippen LogP contribution in [0.5, 0.6) is 0 Å². The highest BCUT2D eigenvalue weighted by molar-refractivity contribution is 5.71. The van der Waals surface area contributed by atoms with Gasteiger partial charge in [0, 0.05) is 19.3 Å². The predicted octanol–water partition coefficient (Wildman–Crippen LogP) is 23.8. The molecule has 1 unspecified atom stereocenters. The zero-order valence-electron chi connectivity index (χ0n) is 53.3. The first-order chi connectivity index (χ1) is 40.0. The van der Waals surface area contributed by atoms with Crippen LogP contribution in [0.1, 0.15) is 329 Å². The molecule has 0 aliphatic heterocycles. The Morgan fingerprint density at radius 2 is 0.506 bits per heavy atom. The summed E-state index contributed by atoms with van der Waals surface area (Å²) in [7, 11) is 0. The van der Waals surface area contributed by atoms with Crippen LogP contribution in [0.15, 0.2) is 109 Å². The maximum Gasteiger partial charge on any atom is 0.306 e. The van der Waals surface area contributed by atoms with Crippen molar-refractivity contribution in [2.45, 2.75) is 335 Å². The van der Waals surface area contributed by atoms with Crippen LogP contribution in [0.3, 0.4) is 0 Å². The van der Waals surface area contributed by atoms with E-state index in [2.05, 4.69) is 130 Å². The molecule has 0 aromatic heterocycles. The fraction of sp³-hybridized carbons (Fsp3) is 0.720. The van der Waals surface area contributed by atoms with Gasteiger partial charge in [0.05, 0.1) is 0 Å². The van der Waals surface area contributed by atoms with E-state index in [1.807, 2.05) is 0 Å².